The second-order valence-corrected chi connectivity index (χ2v) is 6.37. The Balaban J connectivity index is 1.76. The standard InChI is InChI=1S/C22H27NO5/c1-2-5-17-8-10-19(11-9-17)27-14-15-28-20-7-4-3-6-18(20)16-23-21(24)12-13-22(25)26/h3-4,6-11H,2,5,12-16H2,1H3,(H,23,24)(H,25,26). The van der Waals surface area contributed by atoms with E-state index >= 15 is 0 Å². The van der Waals surface area contributed by atoms with Gasteiger partial charge in [-0.3, -0.25) is 9.59 Å². The molecule has 0 fully saturated rings. The van der Waals surface area contributed by atoms with Crippen LogP contribution in [0.1, 0.15) is 37.3 Å². The van der Waals surface area contributed by atoms with Gasteiger partial charge < -0.3 is 19.9 Å². The predicted octanol–water partition coefficient (Wildman–Crippen LogP) is 3.58. The topological polar surface area (TPSA) is 84.9 Å². The summed E-state index contributed by atoms with van der Waals surface area (Å²) in [7, 11) is 0. The Kier molecular flexibility index (Phi) is 8.85. The lowest BCUT2D eigenvalue weighted by molar-refractivity contribution is -0.138. The molecule has 150 valence electrons. The molecule has 0 spiro atoms. The van der Waals surface area contributed by atoms with Crippen molar-refractivity contribution in [3.05, 3.63) is 59.7 Å². The van der Waals surface area contributed by atoms with Gasteiger partial charge in [-0.05, 0) is 30.2 Å². The minimum Gasteiger partial charge on any atom is -0.490 e. The van der Waals surface area contributed by atoms with E-state index in [2.05, 4.69) is 24.4 Å². The van der Waals surface area contributed by atoms with Crippen LogP contribution in [0.2, 0.25) is 0 Å². The van der Waals surface area contributed by atoms with Crippen molar-refractivity contribution >= 4 is 11.9 Å². The highest BCUT2D eigenvalue weighted by Crippen LogP contribution is 2.18. The molecule has 0 bridgehead atoms. The molecule has 2 aromatic rings. The first-order chi connectivity index (χ1) is 13.6. The van der Waals surface area contributed by atoms with Gasteiger partial charge in [-0.2, -0.15) is 0 Å². The van der Waals surface area contributed by atoms with Crippen molar-refractivity contribution in [2.45, 2.75) is 39.2 Å². The summed E-state index contributed by atoms with van der Waals surface area (Å²) in [5.41, 5.74) is 2.13. The highest BCUT2D eigenvalue weighted by molar-refractivity contribution is 5.80. The molecular formula is C22H27NO5. The Bertz CT molecular complexity index is 758. The zero-order valence-electron chi connectivity index (χ0n) is 16.1. The number of para-hydroxylation sites is 1. The van der Waals surface area contributed by atoms with Crippen LogP contribution < -0.4 is 14.8 Å². The molecule has 0 atom stereocenters. The molecular weight excluding hydrogens is 358 g/mol. The first-order valence-electron chi connectivity index (χ1n) is 9.49. The van der Waals surface area contributed by atoms with Gasteiger partial charge in [0.15, 0.2) is 0 Å². The van der Waals surface area contributed by atoms with Crippen LogP contribution in [0.3, 0.4) is 0 Å². The first-order valence-corrected chi connectivity index (χ1v) is 9.49. The molecule has 28 heavy (non-hydrogen) atoms. The highest BCUT2D eigenvalue weighted by Gasteiger charge is 2.08. The van der Waals surface area contributed by atoms with Crippen molar-refractivity contribution in [1.82, 2.24) is 5.32 Å². The minimum absolute atomic E-state index is 0.0384. The Labute approximate surface area is 165 Å². The number of amides is 1. The lowest BCUT2D eigenvalue weighted by Crippen LogP contribution is -2.23. The van der Waals surface area contributed by atoms with Gasteiger partial charge in [0, 0.05) is 18.5 Å². The lowest BCUT2D eigenvalue weighted by atomic mass is 10.1. The van der Waals surface area contributed by atoms with E-state index in [0.717, 1.165) is 24.2 Å². The van der Waals surface area contributed by atoms with E-state index in [1.54, 1.807) is 0 Å². The molecule has 0 unspecified atom stereocenters. The number of carboxylic acids is 1. The van der Waals surface area contributed by atoms with Crippen molar-refractivity contribution in [2.75, 3.05) is 13.2 Å². The Hall–Kier alpha value is -3.02. The normalized spacial score (nSPS) is 10.3. The fraction of sp³-hybridized carbons (Fsp3) is 0.364. The summed E-state index contributed by atoms with van der Waals surface area (Å²) >= 11 is 0. The van der Waals surface area contributed by atoms with E-state index in [1.165, 1.54) is 5.56 Å². The molecule has 6 nitrogen and oxygen atoms in total. The Morgan fingerprint density at radius 2 is 1.68 bits per heavy atom. The number of carbonyl (C=O) groups excluding carboxylic acids is 1. The Morgan fingerprint density at radius 3 is 2.39 bits per heavy atom. The zero-order valence-corrected chi connectivity index (χ0v) is 16.1. The van der Waals surface area contributed by atoms with Gasteiger partial charge in [0.05, 0.1) is 6.42 Å². The Morgan fingerprint density at radius 1 is 0.964 bits per heavy atom. The molecule has 0 aliphatic rings. The van der Waals surface area contributed by atoms with Crippen LogP contribution in [0, 0.1) is 0 Å². The summed E-state index contributed by atoms with van der Waals surface area (Å²) in [6.07, 6.45) is 1.96. The number of nitrogens with one attached hydrogen (secondary N) is 1. The van der Waals surface area contributed by atoms with Crippen molar-refractivity contribution in [3.63, 3.8) is 0 Å². The van der Waals surface area contributed by atoms with Crippen LogP contribution in [0.15, 0.2) is 48.5 Å². The summed E-state index contributed by atoms with van der Waals surface area (Å²) < 4.78 is 11.5. The molecule has 0 aliphatic heterocycles. The summed E-state index contributed by atoms with van der Waals surface area (Å²) in [6, 6.07) is 15.5. The summed E-state index contributed by atoms with van der Waals surface area (Å²) in [4.78, 5) is 22.2. The molecule has 0 heterocycles. The van der Waals surface area contributed by atoms with Crippen molar-refractivity contribution in [1.29, 1.82) is 0 Å². The maximum atomic E-state index is 11.7. The maximum Gasteiger partial charge on any atom is 0.303 e. The van der Waals surface area contributed by atoms with Gasteiger partial charge in [0.1, 0.15) is 24.7 Å². The van der Waals surface area contributed by atoms with Crippen molar-refractivity contribution in [3.8, 4) is 11.5 Å². The molecule has 0 radical (unpaired) electrons. The minimum atomic E-state index is -0.987. The maximum absolute atomic E-state index is 11.7. The zero-order chi connectivity index (χ0) is 20.2. The fourth-order valence-electron chi connectivity index (χ4n) is 2.65. The first kappa shape index (κ1) is 21.3. The molecule has 2 aromatic carbocycles. The number of hydrogen-bond donors (Lipinski definition) is 2. The molecule has 2 rings (SSSR count). The van der Waals surface area contributed by atoms with Crippen molar-refractivity contribution in [2.24, 2.45) is 0 Å². The molecule has 0 aliphatic carbocycles. The lowest BCUT2D eigenvalue weighted by Gasteiger charge is -2.13. The smallest absolute Gasteiger partial charge is 0.303 e. The van der Waals surface area contributed by atoms with Crippen LogP contribution in [0.25, 0.3) is 0 Å². The van der Waals surface area contributed by atoms with Gasteiger partial charge in [-0.15, -0.1) is 0 Å². The van der Waals surface area contributed by atoms with Gasteiger partial charge >= 0.3 is 5.97 Å². The van der Waals surface area contributed by atoms with Gasteiger partial charge in [0.25, 0.3) is 0 Å². The van der Waals surface area contributed by atoms with Gasteiger partial charge in [-0.1, -0.05) is 43.7 Å². The molecule has 0 saturated heterocycles. The molecule has 2 N–H and O–H groups in total. The monoisotopic (exact) mass is 385 g/mol. The van der Waals surface area contributed by atoms with E-state index in [9.17, 15) is 9.59 Å². The van der Waals surface area contributed by atoms with E-state index in [1.807, 2.05) is 36.4 Å². The number of rotatable bonds is 12. The number of hydrogen-bond acceptors (Lipinski definition) is 4. The third kappa shape index (κ3) is 7.70. The highest BCUT2D eigenvalue weighted by atomic mass is 16.5. The van der Waals surface area contributed by atoms with Gasteiger partial charge in [-0.25, -0.2) is 0 Å². The number of ether oxygens (including phenoxy) is 2. The summed E-state index contributed by atoms with van der Waals surface area (Å²) in [5, 5.41) is 11.3. The second-order valence-electron chi connectivity index (χ2n) is 6.37. The number of carboxylic acid groups (broad SMARTS) is 1. The SMILES string of the molecule is CCCc1ccc(OCCOc2ccccc2CNC(=O)CCC(=O)O)cc1. The number of aryl methyl sites for hydroxylation is 1. The number of carbonyl (C=O) groups is 2. The van der Waals surface area contributed by atoms with E-state index in [-0.39, 0.29) is 25.3 Å². The fourth-order valence-corrected chi connectivity index (χ4v) is 2.65. The van der Waals surface area contributed by atoms with E-state index in [4.69, 9.17) is 14.6 Å². The van der Waals surface area contributed by atoms with Crippen LogP contribution in [0.5, 0.6) is 11.5 Å². The molecule has 1 amide bonds. The third-order valence-corrected chi connectivity index (χ3v) is 4.09. The summed E-state index contributed by atoms with van der Waals surface area (Å²) in [6.45, 7) is 3.22. The predicted molar refractivity (Wildman–Crippen MR) is 107 cm³/mol. The summed E-state index contributed by atoms with van der Waals surface area (Å²) in [5.74, 6) is 0.191. The molecule has 6 heteroatoms. The van der Waals surface area contributed by atoms with Gasteiger partial charge in [0.2, 0.25) is 5.91 Å². The van der Waals surface area contributed by atoms with E-state index in [0.29, 0.717) is 19.0 Å². The largest absolute Gasteiger partial charge is 0.490 e. The van der Waals surface area contributed by atoms with E-state index < -0.39 is 5.97 Å². The third-order valence-electron chi connectivity index (χ3n) is 4.09. The number of aliphatic carboxylic acids is 1. The molecule has 0 saturated carbocycles. The second kappa shape index (κ2) is 11.6. The molecule has 0 aromatic heterocycles. The van der Waals surface area contributed by atoms with Crippen LogP contribution >= 0.6 is 0 Å². The van der Waals surface area contributed by atoms with Crippen molar-refractivity contribution < 1.29 is 24.2 Å². The quantitative estimate of drug-likeness (QED) is 0.546. The number of benzene rings is 2. The average molecular weight is 385 g/mol. The van der Waals surface area contributed by atoms with Crippen LogP contribution in [-0.2, 0) is 22.6 Å². The van der Waals surface area contributed by atoms with Crippen LogP contribution in [-0.4, -0.2) is 30.2 Å². The average Bonchev–Trinajstić information content (AvgIpc) is 2.70. The van der Waals surface area contributed by atoms with Crippen LogP contribution in [0.4, 0.5) is 0 Å².